The van der Waals surface area contributed by atoms with Crippen molar-refractivity contribution in [2.45, 2.75) is 12.8 Å². The number of nitrogens with zero attached hydrogens (tertiary/aromatic N) is 2. The van der Waals surface area contributed by atoms with Crippen LogP contribution in [-0.4, -0.2) is 41.4 Å². The van der Waals surface area contributed by atoms with E-state index in [1.54, 1.807) is 29.4 Å². The highest BCUT2D eigenvalue weighted by Gasteiger charge is 2.45. The molecule has 2 N–H and O–H groups in total. The van der Waals surface area contributed by atoms with E-state index in [4.69, 9.17) is 10.5 Å². The number of nitrogens with two attached hydrogens (primary N) is 1. The number of amides is 2. The number of hydrogen-bond acceptors (Lipinski definition) is 4. The van der Waals surface area contributed by atoms with Crippen LogP contribution in [0.2, 0.25) is 0 Å². The lowest BCUT2D eigenvalue weighted by atomic mass is 9.78. The Hall–Kier alpha value is -3.67. The Bertz CT molecular complexity index is 1060. The topological polar surface area (TPSA) is 85.5 Å². The molecule has 0 saturated carbocycles. The fourth-order valence-corrected chi connectivity index (χ4v) is 4.12. The molecule has 6 nitrogen and oxygen atoms in total. The normalized spacial score (nSPS) is 18.0. The summed E-state index contributed by atoms with van der Waals surface area (Å²) in [6.45, 7) is 0.716. The Morgan fingerprint density at radius 1 is 1.00 bits per heavy atom. The van der Waals surface area contributed by atoms with Crippen LogP contribution < -0.4 is 10.5 Å². The van der Waals surface area contributed by atoms with Gasteiger partial charge in [-0.3, -0.25) is 14.6 Å². The second kappa shape index (κ2) is 9.00. The van der Waals surface area contributed by atoms with Gasteiger partial charge in [-0.15, -0.1) is 0 Å². The lowest BCUT2D eigenvalue weighted by Gasteiger charge is -2.27. The molecule has 1 aliphatic heterocycles. The SMILES string of the molecule is NC(=O)[C@@]1(Cc2ccccc2-c2ccncc2)CCN(C(=O)COc2ccccc2)C1. The van der Waals surface area contributed by atoms with Gasteiger partial charge in [0.25, 0.3) is 5.91 Å². The summed E-state index contributed by atoms with van der Waals surface area (Å²) >= 11 is 0. The molecule has 0 unspecified atom stereocenters. The maximum absolute atomic E-state index is 12.7. The molecule has 0 radical (unpaired) electrons. The predicted molar refractivity (Wildman–Crippen MR) is 118 cm³/mol. The van der Waals surface area contributed by atoms with Crippen molar-refractivity contribution in [3.8, 4) is 16.9 Å². The molecule has 1 saturated heterocycles. The highest BCUT2D eigenvalue weighted by Crippen LogP contribution is 2.37. The molecule has 1 fully saturated rings. The van der Waals surface area contributed by atoms with Gasteiger partial charge in [0.2, 0.25) is 5.91 Å². The van der Waals surface area contributed by atoms with Crippen LogP contribution in [0.25, 0.3) is 11.1 Å². The summed E-state index contributed by atoms with van der Waals surface area (Å²) < 4.78 is 5.59. The molecule has 158 valence electrons. The molecular weight excluding hydrogens is 390 g/mol. The molecule has 1 aliphatic rings. The van der Waals surface area contributed by atoms with Gasteiger partial charge in [-0.2, -0.15) is 0 Å². The Labute approximate surface area is 181 Å². The molecule has 0 bridgehead atoms. The van der Waals surface area contributed by atoms with Crippen molar-refractivity contribution in [2.75, 3.05) is 19.7 Å². The van der Waals surface area contributed by atoms with E-state index in [-0.39, 0.29) is 18.4 Å². The standard InChI is InChI=1S/C25H25N3O3/c26-24(30)25(16-20-6-4-5-9-22(20)19-10-13-27-14-11-19)12-15-28(18-25)23(29)17-31-21-7-2-1-3-8-21/h1-11,13-14H,12,15-18H2,(H2,26,30)/t25-/m1/s1. The maximum Gasteiger partial charge on any atom is 0.260 e. The minimum atomic E-state index is -0.800. The van der Waals surface area contributed by atoms with Gasteiger partial charge in [0.1, 0.15) is 5.75 Å². The van der Waals surface area contributed by atoms with Gasteiger partial charge >= 0.3 is 0 Å². The van der Waals surface area contributed by atoms with Crippen molar-refractivity contribution in [1.82, 2.24) is 9.88 Å². The fraction of sp³-hybridized carbons (Fsp3) is 0.240. The Morgan fingerprint density at radius 2 is 1.71 bits per heavy atom. The molecule has 6 heteroatoms. The van der Waals surface area contributed by atoms with E-state index in [1.165, 1.54) is 0 Å². The molecule has 1 atom stereocenters. The molecule has 2 aromatic carbocycles. The summed E-state index contributed by atoms with van der Waals surface area (Å²) in [4.78, 5) is 31.0. The monoisotopic (exact) mass is 415 g/mol. The first-order valence-corrected chi connectivity index (χ1v) is 10.3. The molecule has 0 spiro atoms. The van der Waals surface area contributed by atoms with Crippen LogP contribution in [0.1, 0.15) is 12.0 Å². The minimum Gasteiger partial charge on any atom is -0.484 e. The molecule has 0 aliphatic carbocycles. The second-order valence-corrected chi connectivity index (χ2v) is 7.88. The van der Waals surface area contributed by atoms with E-state index in [2.05, 4.69) is 4.98 Å². The quantitative estimate of drug-likeness (QED) is 0.643. The van der Waals surface area contributed by atoms with Crippen molar-refractivity contribution in [3.05, 3.63) is 84.7 Å². The van der Waals surface area contributed by atoms with Crippen molar-refractivity contribution < 1.29 is 14.3 Å². The van der Waals surface area contributed by atoms with Crippen molar-refractivity contribution in [3.63, 3.8) is 0 Å². The van der Waals surface area contributed by atoms with Gasteiger partial charge in [-0.1, -0.05) is 42.5 Å². The van der Waals surface area contributed by atoms with Crippen LogP contribution in [0.5, 0.6) is 5.75 Å². The smallest absolute Gasteiger partial charge is 0.260 e. The number of carbonyl (C=O) groups excluding carboxylic acids is 2. The van der Waals surface area contributed by atoms with Crippen LogP contribution >= 0.6 is 0 Å². The Balaban J connectivity index is 1.50. The Morgan fingerprint density at radius 3 is 2.45 bits per heavy atom. The van der Waals surface area contributed by atoms with Gasteiger partial charge in [-0.25, -0.2) is 0 Å². The minimum absolute atomic E-state index is 0.0630. The lowest BCUT2D eigenvalue weighted by molar-refractivity contribution is -0.133. The van der Waals surface area contributed by atoms with Crippen LogP contribution in [0, 0.1) is 5.41 Å². The number of benzene rings is 2. The molecular formula is C25H25N3O3. The predicted octanol–water partition coefficient (Wildman–Crippen LogP) is 3.07. The second-order valence-electron chi connectivity index (χ2n) is 7.88. The number of likely N-dealkylation sites (tertiary alicyclic amines) is 1. The van der Waals surface area contributed by atoms with Crippen LogP contribution in [0.3, 0.4) is 0 Å². The van der Waals surface area contributed by atoms with E-state index in [9.17, 15) is 9.59 Å². The highest BCUT2D eigenvalue weighted by atomic mass is 16.5. The zero-order valence-corrected chi connectivity index (χ0v) is 17.2. The number of para-hydroxylation sites is 1. The number of aromatic nitrogens is 1. The van der Waals surface area contributed by atoms with Crippen LogP contribution in [0.15, 0.2) is 79.1 Å². The van der Waals surface area contributed by atoms with Crippen molar-refractivity contribution in [2.24, 2.45) is 11.1 Å². The van der Waals surface area contributed by atoms with Gasteiger partial charge in [0.05, 0.1) is 5.41 Å². The third kappa shape index (κ3) is 4.58. The summed E-state index contributed by atoms with van der Waals surface area (Å²) in [5.74, 6) is 0.119. The summed E-state index contributed by atoms with van der Waals surface area (Å²) in [6, 6.07) is 21.1. The zero-order valence-electron chi connectivity index (χ0n) is 17.2. The first-order valence-electron chi connectivity index (χ1n) is 10.3. The van der Waals surface area contributed by atoms with E-state index >= 15 is 0 Å². The molecule has 31 heavy (non-hydrogen) atoms. The largest absolute Gasteiger partial charge is 0.484 e. The molecule has 2 amide bonds. The van der Waals surface area contributed by atoms with E-state index in [1.807, 2.05) is 54.6 Å². The van der Waals surface area contributed by atoms with Gasteiger partial charge in [0, 0.05) is 25.5 Å². The van der Waals surface area contributed by atoms with Crippen LogP contribution in [0.4, 0.5) is 0 Å². The fourth-order valence-electron chi connectivity index (χ4n) is 4.12. The first-order chi connectivity index (χ1) is 15.1. The Kier molecular flexibility index (Phi) is 5.98. The van der Waals surface area contributed by atoms with Crippen molar-refractivity contribution >= 4 is 11.8 Å². The van der Waals surface area contributed by atoms with E-state index in [0.717, 1.165) is 16.7 Å². The van der Waals surface area contributed by atoms with E-state index < -0.39 is 5.41 Å². The number of hydrogen-bond donors (Lipinski definition) is 1. The third-order valence-electron chi connectivity index (χ3n) is 5.87. The van der Waals surface area contributed by atoms with Crippen molar-refractivity contribution in [1.29, 1.82) is 0 Å². The van der Waals surface area contributed by atoms with Gasteiger partial charge < -0.3 is 15.4 Å². The highest BCUT2D eigenvalue weighted by molar-refractivity contribution is 5.85. The van der Waals surface area contributed by atoms with Gasteiger partial charge in [-0.05, 0) is 53.8 Å². The average Bonchev–Trinajstić information content (AvgIpc) is 3.25. The number of ether oxygens (including phenoxy) is 1. The molecule has 1 aromatic heterocycles. The summed E-state index contributed by atoms with van der Waals surface area (Å²) in [5.41, 5.74) is 8.19. The molecule has 3 aromatic rings. The number of pyridine rings is 1. The lowest BCUT2D eigenvalue weighted by Crippen LogP contribution is -2.43. The van der Waals surface area contributed by atoms with Gasteiger partial charge in [0.15, 0.2) is 6.61 Å². The van der Waals surface area contributed by atoms with Crippen LogP contribution in [-0.2, 0) is 16.0 Å². The third-order valence-corrected chi connectivity index (χ3v) is 5.87. The maximum atomic E-state index is 12.7. The number of primary amides is 1. The van der Waals surface area contributed by atoms with E-state index in [0.29, 0.717) is 31.7 Å². The summed E-state index contributed by atoms with van der Waals surface area (Å²) in [6.07, 6.45) is 4.51. The number of rotatable bonds is 7. The molecule has 2 heterocycles. The number of carbonyl (C=O) groups is 2. The summed E-state index contributed by atoms with van der Waals surface area (Å²) in [5, 5.41) is 0. The zero-order chi connectivity index (χ0) is 21.7. The summed E-state index contributed by atoms with van der Waals surface area (Å²) in [7, 11) is 0. The first kappa shape index (κ1) is 20.6. The molecule has 4 rings (SSSR count). The average molecular weight is 415 g/mol.